The van der Waals surface area contributed by atoms with Crippen molar-refractivity contribution in [2.24, 2.45) is 0 Å². The molecule has 0 saturated carbocycles. The molecule has 22 heavy (non-hydrogen) atoms. The zero-order chi connectivity index (χ0) is 15.6. The van der Waals surface area contributed by atoms with Crippen LogP contribution in [-0.4, -0.2) is 33.0 Å². The Hall–Kier alpha value is -2.02. The van der Waals surface area contributed by atoms with Crippen molar-refractivity contribution in [1.82, 2.24) is 0 Å². The molecule has 0 amide bonds. The Morgan fingerprint density at radius 2 is 1.95 bits per heavy atom. The molecule has 1 aromatic carbocycles. The van der Waals surface area contributed by atoms with Gasteiger partial charge in [-0.15, -0.1) is 0 Å². The summed E-state index contributed by atoms with van der Waals surface area (Å²) in [7, 11) is 1.66. The summed E-state index contributed by atoms with van der Waals surface area (Å²) in [5.74, 6) is 7.18. The standard InChI is InChI=1S/C19H22O3/c1-3-21-18-10-6-16(7-11-18)4-5-17-8-12-19(13-9-17)22-15-14-20-2/h6-10,12-13,18H,3,11,14-15H2,1-2H3. The fraction of sp³-hybridized carbons (Fsp3) is 0.368. The summed E-state index contributed by atoms with van der Waals surface area (Å²) < 4.78 is 16.0. The zero-order valence-electron chi connectivity index (χ0n) is 13.2. The Morgan fingerprint density at radius 3 is 2.59 bits per heavy atom. The van der Waals surface area contributed by atoms with Crippen LogP contribution in [0, 0.1) is 11.8 Å². The third-order valence-electron chi connectivity index (χ3n) is 3.20. The fourth-order valence-corrected chi connectivity index (χ4v) is 2.05. The summed E-state index contributed by atoms with van der Waals surface area (Å²) in [5, 5.41) is 0. The smallest absolute Gasteiger partial charge is 0.119 e. The normalized spacial score (nSPS) is 16.6. The highest BCUT2D eigenvalue weighted by atomic mass is 16.5. The number of hydrogen-bond donors (Lipinski definition) is 0. The van der Waals surface area contributed by atoms with Crippen LogP contribution in [0.3, 0.4) is 0 Å². The Labute approximate surface area is 132 Å². The van der Waals surface area contributed by atoms with Crippen molar-refractivity contribution < 1.29 is 14.2 Å². The molecule has 116 valence electrons. The van der Waals surface area contributed by atoms with Crippen LogP contribution in [0.5, 0.6) is 5.75 Å². The first-order valence-corrected chi connectivity index (χ1v) is 7.55. The molecule has 2 rings (SSSR count). The van der Waals surface area contributed by atoms with Crippen molar-refractivity contribution in [2.45, 2.75) is 19.4 Å². The van der Waals surface area contributed by atoms with E-state index in [9.17, 15) is 0 Å². The van der Waals surface area contributed by atoms with Gasteiger partial charge in [0.05, 0.1) is 12.7 Å². The lowest BCUT2D eigenvalue weighted by Crippen LogP contribution is -2.10. The largest absolute Gasteiger partial charge is 0.491 e. The molecule has 1 aromatic rings. The van der Waals surface area contributed by atoms with Gasteiger partial charge >= 0.3 is 0 Å². The average molecular weight is 298 g/mol. The monoisotopic (exact) mass is 298 g/mol. The third-order valence-corrected chi connectivity index (χ3v) is 3.20. The molecule has 0 aromatic heterocycles. The van der Waals surface area contributed by atoms with E-state index in [1.54, 1.807) is 7.11 Å². The molecule has 0 spiro atoms. The topological polar surface area (TPSA) is 27.7 Å². The molecule has 0 saturated heterocycles. The summed E-state index contributed by atoms with van der Waals surface area (Å²) in [6.07, 6.45) is 7.30. The van der Waals surface area contributed by atoms with E-state index in [2.05, 4.69) is 24.0 Å². The minimum Gasteiger partial charge on any atom is -0.491 e. The van der Waals surface area contributed by atoms with Crippen LogP contribution in [0.15, 0.2) is 48.1 Å². The molecular formula is C19H22O3. The first-order chi connectivity index (χ1) is 10.8. The van der Waals surface area contributed by atoms with E-state index in [-0.39, 0.29) is 6.10 Å². The molecular weight excluding hydrogens is 276 g/mol. The Morgan fingerprint density at radius 1 is 1.14 bits per heavy atom. The van der Waals surface area contributed by atoms with Crippen molar-refractivity contribution in [1.29, 1.82) is 0 Å². The molecule has 3 nitrogen and oxygen atoms in total. The van der Waals surface area contributed by atoms with Gasteiger partial charge in [0, 0.05) is 24.9 Å². The molecule has 0 fully saturated rings. The molecule has 3 heteroatoms. The van der Waals surface area contributed by atoms with Crippen molar-refractivity contribution in [3.05, 3.63) is 53.6 Å². The van der Waals surface area contributed by atoms with E-state index in [0.29, 0.717) is 13.2 Å². The minimum atomic E-state index is 0.194. The van der Waals surface area contributed by atoms with Crippen molar-refractivity contribution in [2.75, 3.05) is 26.9 Å². The van der Waals surface area contributed by atoms with Crippen LogP contribution in [0.25, 0.3) is 0 Å². The van der Waals surface area contributed by atoms with E-state index in [4.69, 9.17) is 14.2 Å². The Kier molecular flexibility index (Phi) is 6.76. The van der Waals surface area contributed by atoms with Crippen molar-refractivity contribution in [3.8, 4) is 17.6 Å². The van der Waals surface area contributed by atoms with Crippen molar-refractivity contribution in [3.63, 3.8) is 0 Å². The van der Waals surface area contributed by atoms with E-state index in [1.807, 2.05) is 37.3 Å². The highest BCUT2D eigenvalue weighted by Crippen LogP contribution is 2.14. The molecule has 0 heterocycles. The van der Waals surface area contributed by atoms with Gasteiger partial charge in [-0.05, 0) is 43.7 Å². The SMILES string of the molecule is CCOC1C=CC(C#Cc2ccc(OCCOC)cc2)=CC1. The van der Waals surface area contributed by atoms with E-state index in [1.165, 1.54) is 0 Å². The zero-order valence-corrected chi connectivity index (χ0v) is 13.2. The number of rotatable bonds is 6. The molecule has 0 radical (unpaired) electrons. The van der Waals surface area contributed by atoms with E-state index < -0.39 is 0 Å². The molecule has 1 aliphatic carbocycles. The number of benzene rings is 1. The third kappa shape index (κ3) is 5.40. The fourth-order valence-electron chi connectivity index (χ4n) is 2.05. The Bertz CT molecular complexity index is 573. The van der Waals surface area contributed by atoms with Crippen LogP contribution >= 0.6 is 0 Å². The van der Waals surface area contributed by atoms with Crippen LogP contribution in [0.2, 0.25) is 0 Å². The number of methoxy groups -OCH3 is 1. The van der Waals surface area contributed by atoms with Gasteiger partial charge in [0.15, 0.2) is 0 Å². The van der Waals surface area contributed by atoms with Gasteiger partial charge in [0.1, 0.15) is 12.4 Å². The quantitative estimate of drug-likeness (QED) is 0.595. The number of allylic oxidation sites excluding steroid dienone is 2. The van der Waals surface area contributed by atoms with Crippen LogP contribution < -0.4 is 4.74 Å². The Balaban J connectivity index is 1.88. The molecule has 0 aliphatic heterocycles. The second-order valence-electron chi connectivity index (χ2n) is 4.86. The predicted octanol–water partition coefficient (Wildman–Crippen LogP) is 3.35. The maximum absolute atomic E-state index is 5.54. The van der Waals surface area contributed by atoms with E-state index >= 15 is 0 Å². The van der Waals surface area contributed by atoms with Gasteiger partial charge in [-0.2, -0.15) is 0 Å². The second-order valence-corrected chi connectivity index (χ2v) is 4.86. The summed E-state index contributed by atoms with van der Waals surface area (Å²) in [4.78, 5) is 0. The molecule has 1 unspecified atom stereocenters. The summed E-state index contributed by atoms with van der Waals surface area (Å²) in [6, 6.07) is 7.78. The van der Waals surface area contributed by atoms with Gasteiger partial charge in [0.2, 0.25) is 0 Å². The summed E-state index contributed by atoms with van der Waals surface area (Å²) in [6.45, 7) is 3.89. The van der Waals surface area contributed by atoms with Gasteiger partial charge in [-0.1, -0.05) is 24.0 Å². The number of hydrogen-bond acceptors (Lipinski definition) is 3. The maximum atomic E-state index is 5.54. The van der Waals surface area contributed by atoms with Gasteiger partial charge in [-0.3, -0.25) is 0 Å². The first-order valence-electron chi connectivity index (χ1n) is 7.55. The second kappa shape index (κ2) is 9.09. The molecule has 1 atom stereocenters. The predicted molar refractivity (Wildman–Crippen MR) is 87.9 cm³/mol. The van der Waals surface area contributed by atoms with E-state index in [0.717, 1.165) is 29.9 Å². The van der Waals surface area contributed by atoms with Gasteiger partial charge in [-0.25, -0.2) is 0 Å². The van der Waals surface area contributed by atoms with Gasteiger partial charge in [0.25, 0.3) is 0 Å². The van der Waals surface area contributed by atoms with Crippen molar-refractivity contribution >= 4 is 0 Å². The maximum Gasteiger partial charge on any atom is 0.119 e. The molecule has 0 N–H and O–H groups in total. The highest BCUT2D eigenvalue weighted by molar-refractivity contribution is 5.47. The highest BCUT2D eigenvalue weighted by Gasteiger charge is 2.06. The lowest BCUT2D eigenvalue weighted by atomic mass is 10.0. The molecule has 0 bridgehead atoms. The van der Waals surface area contributed by atoms with Gasteiger partial charge < -0.3 is 14.2 Å². The minimum absolute atomic E-state index is 0.194. The lowest BCUT2D eigenvalue weighted by molar-refractivity contribution is 0.0976. The summed E-state index contributed by atoms with van der Waals surface area (Å²) in [5.41, 5.74) is 2.01. The van der Waals surface area contributed by atoms with Crippen LogP contribution in [0.1, 0.15) is 18.9 Å². The molecule has 1 aliphatic rings. The average Bonchev–Trinajstić information content (AvgIpc) is 2.56. The summed E-state index contributed by atoms with van der Waals surface area (Å²) >= 11 is 0. The lowest BCUT2D eigenvalue weighted by Gasteiger charge is -2.13. The number of ether oxygens (including phenoxy) is 3. The van der Waals surface area contributed by atoms with Crippen LogP contribution in [0.4, 0.5) is 0 Å². The first kappa shape index (κ1) is 16.4. The van der Waals surface area contributed by atoms with Crippen LogP contribution in [-0.2, 0) is 9.47 Å².